The molecule has 6 nitrogen and oxygen atoms in total. The Kier molecular flexibility index (Phi) is 3.28. The summed E-state index contributed by atoms with van der Waals surface area (Å²) in [6.45, 7) is 0.571. The average molecular weight is 272 g/mol. The van der Waals surface area contributed by atoms with Gasteiger partial charge in [0.05, 0.1) is 13.2 Å². The third-order valence-electron chi connectivity index (χ3n) is 3.26. The Hall–Kier alpha value is -2.50. The molecule has 3 rings (SSSR count). The third kappa shape index (κ3) is 2.09. The first-order valence-electron chi connectivity index (χ1n) is 6.38. The predicted molar refractivity (Wildman–Crippen MR) is 76.4 cm³/mol. The minimum Gasteiger partial charge on any atom is -0.491 e. The Morgan fingerprint density at radius 2 is 2.05 bits per heavy atom. The Morgan fingerprint density at radius 3 is 2.85 bits per heavy atom. The second-order valence-corrected chi connectivity index (χ2v) is 4.40. The molecule has 0 spiro atoms. The molecule has 0 radical (unpaired) electrons. The van der Waals surface area contributed by atoms with Gasteiger partial charge in [0.15, 0.2) is 11.6 Å². The van der Waals surface area contributed by atoms with Gasteiger partial charge >= 0.3 is 0 Å². The van der Waals surface area contributed by atoms with Crippen LogP contribution in [0, 0.1) is 0 Å². The molecule has 2 heterocycles. The number of anilines is 2. The third-order valence-corrected chi connectivity index (χ3v) is 3.26. The lowest BCUT2D eigenvalue weighted by Gasteiger charge is -2.16. The second-order valence-electron chi connectivity index (χ2n) is 4.40. The van der Waals surface area contributed by atoms with E-state index in [4.69, 9.17) is 9.47 Å². The van der Waals surface area contributed by atoms with Crippen molar-refractivity contribution < 1.29 is 9.47 Å². The number of nitrogens with one attached hydrogen (secondary N) is 2. The van der Waals surface area contributed by atoms with Crippen molar-refractivity contribution in [1.82, 2.24) is 9.97 Å². The largest absolute Gasteiger partial charge is 0.491 e. The zero-order chi connectivity index (χ0) is 13.9. The van der Waals surface area contributed by atoms with E-state index in [0.717, 1.165) is 11.3 Å². The number of hydrogen-bond donors (Lipinski definition) is 2. The van der Waals surface area contributed by atoms with Crippen LogP contribution < -0.4 is 20.1 Å². The van der Waals surface area contributed by atoms with Crippen LogP contribution in [0.15, 0.2) is 30.6 Å². The molecule has 0 bridgehead atoms. The summed E-state index contributed by atoms with van der Waals surface area (Å²) >= 11 is 0. The Bertz CT molecular complexity index is 618. The number of methoxy groups -OCH3 is 1. The number of hydrogen-bond acceptors (Lipinski definition) is 6. The molecule has 2 N–H and O–H groups in total. The standard InChI is InChI=1S/C14H16N4O2/c1-15-13-12(19-2)14(17-8-16-13)18-10-7-20-11-6-4-3-5-9(10)11/h3-6,8,10H,7H2,1-2H3,(H2,15,16,17,18). The minimum atomic E-state index is 0.0553. The van der Waals surface area contributed by atoms with Crippen molar-refractivity contribution >= 4 is 11.6 Å². The minimum absolute atomic E-state index is 0.0553. The molecule has 0 aliphatic carbocycles. The smallest absolute Gasteiger partial charge is 0.204 e. The second kappa shape index (κ2) is 5.24. The number of benzene rings is 1. The predicted octanol–water partition coefficient (Wildman–Crippen LogP) is 2.07. The van der Waals surface area contributed by atoms with E-state index in [9.17, 15) is 0 Å². The van der Waals surface area contributed by atoms with Gasteiger partial charge in [-0.15, -0.1) is 0 Å². The molecule has 6 heteroatoms. The molecule has 1 aromatic heterocycles. The van der Waals surface area contributed by atoms with E-state index < -0.39 is 0 Å². The fourth-order valence-electron chi connectivity index (χ4n) is 2.30. The van der Waals surface area contributed by atoms with Gasteiger partial charge in [0.25, 0.3) is 0 Å². The number of fused-ring (bicyclic) bond motifs is 1. The summed E-state index contributed by atoms with van der Waals surface area (Å²) in [6, 6.07) is 8.03. The van der Waals surface area contributed by atoms with Gasteiger partial charge in [-0.1, -0.05) is 18.2 Å². The van der Waals surface area contributed by atoms with Crippen molar-refractivity contribution in [3.05, 3.63) is 36.2 Å². The fraction of sp³-hybridized carbons (Fsp3) is 0.286. The van der Waals surface area contributed by atoms with E-state index >= 15 is 0 Å². The van der Waals surface area contributed by atoms with Crippen LogP contribution in [0.2, 0.25) is 0 Å². The highest BCUT2D eigenvalue weighted by Crippen LogP contribution is 2.37. The van der Waals surface area contributed by atoms with E-state index in [1.807, 2.05) is 24.3 Å². The van der Waals surface area contributed by atoms with E-state index in [0.29, 0.717) is 24.0 Å². The fourth-order valence-corrected chi connectivity index (χ4v) is 2.30. The molecule has 1 atom stereocenters. The van der Waals surface area contributed by atoms with Gasteiger partial charge in [-0.05, 0) is 6.07 Å². The monoisotopic (exact) mass is 272 g/mol. The summed E-state index contributed by atoms with van der Waals surface area (Å²) in [4.78, 5) is 8.38. The molecule has 1 aliphatic heterocycles. The molecule has 2 aromatic rings. The molecule has 1 aromatic carbocycles. The zero-order valence-electron chi connectivity index (χ0n) is 11.4. The molecule has 0 fully saturated rings. The molecule has 20 heavy (non-hydrogen) atoms. The van der Waals surface area contributed by atoms with Gasteiger partial charge in [-0.2, -0.15) is 0 Å². The zero-order valence-corrected chi connectivity index (χ0v) is 11.4. The van der Waals surface area contributed by atoms with Crippen LogP contribution in [0.4, 0.5) is 11.6 Å². The first-order chi connectivity index (χ1) is 9.83. The Labute approximate surface area is 117 Å². The molecular weight excluding hydrogens is 256 g/mol. The number of rotatable bonds is 4. The van der Waals surface area contributed by atoms with E-state index in [1.54, 1.807) is 14.2 Å². The highest BCUT2D eigenvalue weighted by Gasteiger charge is 2.25. The van der Waals surface area contributed by atoms with Crippen molar-refractivity contribution in [1.29, 1.82) is 0 Å². The summed E-state index contributed by atoms with van der Waals surface area (Å²) in [5.74, 6) is 2.81. The lowest BCUT2D eigenvalue weighted by Crippen LogP contribution is -2.14. The summed E-state index contributed by atoms with van der Waals surface area (Å²) in [5, 5.41) is 6.33. The van der Waals surface area contributed by atoms with Gasteiger partial charge < -0.3 is 20.1 Å². The van der Waals surface area contributed by atoms with E-state index in [1.165, 1.54) is 6.33 Å². The van der Waals surface area contributed by atoms with Gasteiger partial charge in [0, 0.05) is 12.6 Å². The van der Waals surface area contributed by atoms with Crippen LogP contribution in [0.5, 0.6) is 11.5 Å². The lowest BCUT2D eigenvalue weighted by atomic mass is 10.1. The van der Waals surface area contributed by atoms with Gasteiger partial charge in [-0.25, -0.2) is 9.97 Å². The summed E-state index contributed by atoms with van der Waals surface area (Å²) in [6.07, 6.45) is 1.50. The summed E-state index contributed by atoms with van der Waals surface area (Å²) in [5.41, 5.74) is 1.12. The molecule has 0 saturated heterocycles. The van der Waals surface area contributed by atoms with Gasteiger partial charge in [0.1, 0.15) is 18.7 Å². The number of aromatic nitrogens is 2. The van der Waals surface area contributed by atoms with Crippen LogP contribution in [0.25, 0.3) is 0 Å². The number of nitrogens with zero attached hydrogens (tertiary/aromatic N) is 2. The van der Waals surface area contributed by atoms with E-state index in [-0.39, 0.29) is 6.04 Å². The van der Waals surface area contributed by atoms with Gasteiger partial charge in [-0.3, -0.25) is 0 Å². The Balaban J connectivity index is 1.90. The topological polar surface area (TPSA) is 68.3 Å². The summed E-state index contributed by atoms with van der Waals surface area (Å²) < 4.78 is 11.0. The first-order valence-corrected chi connectivity index (χ1v) is 6.38. The van der Waals surface area contributed by atoms with Gasteiger partial charge in [0.2, 0.25) is 5.75 Å². The van der Waals surface area contributed by atoms with Crippen LogP contribution in [0.3, 0.4) is 0 Å². The van der Waals surface area contributed by atoms with Crippen molar-refractivity contribution in [2.24, 2.45) is 0 Å². The van der Waals surface area contributed by atoms with Crippen LogP contribution in [-0.4, -0.2) is 30.7 Å². The highest BCUT2D eigenvalue weighted by atomic mass is 16.5. The molecular formula is C14H16N4O2. The SMILES string of the molecule is CNc1ncnc(NC2COc3ccccc32)c1OC. The number of para-hydroxylation sites is 1. The van der Waals surface area contributed by atoms with Crippen molar-refractivity contribution in [2.45, 2.75) is 6.04 Å². The molecule has 0 amide bonds. The summed E-state index contributed by atoms with van der Waals surface area (Å²) in [7, 11) is 3.40. The molecule has 104 valence electrons. The molecule has 0 saturated carbocycles. The lowest BCUT2D eigenvalue weighted by molar-refractivity contribution is 0.339. The van der Waals surface area contributed by atoms with Crippen molar-refractivity contribution in [3.8, 4) is 11.5 Å². The van der Waals surface area contributed by atoms with Crippen molar-refractivity contribution in [2.75, 3.05) is 31.4 Å². The quantitative estimate of drug-likeness (QED) is 0.888. The van der Waals surface area contributed by atoms with Crippen molar-refractivity contribution in [3.63, 3.8) is 0 Å². The Morgan fingerprint density at radius 1 is 1.25 bits per heavy atom. The van der Waals surface area contributed by atoms with Crippen LogP contribution >= 0.6 is 0 Å². The van der Waals surface area contributed by atoms with E-state index in [2.05, 4.69) is 20.6 Å². The van der Waals surface area contributed by atoms with Crippen LogP contribution in [-0.2, 0) is 0 Å². The molecule has 1 aliphatic rings. The molecule has 1 unspecified atom stereocenters. The maximum Gasteiger partial charge on any atom is 0.204 e. The maximum absolute atomic E-state index is 5.65. The highest BCUT2D eigenvalue weighted by molar-refractivity contribution is 5.64. The van der Waals surface area contributed by atoms with Crippen LogP contribution in [0.1, 0.15) is 11.6 Å². The normalized spacial score (nSPS) is 16.2. The average Bonchev–Trinajstić information content (AvgIpc) is 2.90. The number of ether oxygens (including phenoxy) is 2. The first kappa shape index (κ1) is 12.5. The maximum atomic E-state index is 5.65.